The lowest BCUT2D eigenvalue weighted by Crippen LogP contribution is -2.44. The van der Waals surface area contributed by atoms with Crippen LogP contribution in [0.2, 0.25) is 0 Å². The van der Waals surface area contributed by atoms with E-state index < -0.39 is 25.0 Å². The number of halogens is 3. The lowest BCUT2D eigenvalue weighted by molar-refractivity contribution is -0.140. The van der Waals surface area contributed by atoms with Gasteiger partial charge in [-0.15, -0.1) is 0 Å². The summed E-state index contributed by atoms with van der Waals surface area (Å²) >= 11 is 3.27. The molecule has 1 aromatic carbocycles. The summed E-state index contributed by atoms with van der Waals surface area (Å²) in [6.07, 6.45) is -3.55. The molecule has 0 saturated carbocycles. The summed E-state index contributed by atoms with van der Waals surface area (Å²) in [5.41, 5.74) is 0. The topological polar surface area (TPSA) is 49.8 Å². The average Bonchev–Trinajstić information content (AvgIpc) is 2.39. The van der Waals surface area contributed by atoms with E-state index >= 15 is 0 Å². The maximum atomic E-state index is 12.4. The van der Waals surface area contributed by atoms with Crippen LogP contribution in [-0.4, -0.2) is 48.1 Å². The number of nitrogens with zero attached hydrogens (tertiary/aromatic N) is 1. The molecule has 0 bridgehead atoms. The fourth-order valence-corrected chi connectivity index (χ4v) is 1.87. The maximum Gasteiger partial charge on any atom is 0.263 e. The highest BCUT2D eigenvalue weighted by Gasteiger charge is 2.24. The fourth-order valence-electron chi connectivity index (χ4n) is 1.60. The van der Waals surface area contributed by atoms with E-state index in [1.165, 1.54) is 6.92 Å². The SMILES string of the molecule is CC(Oc1ccc(Br)cc1)C(=O)N(CCO)CC(F)F. The normalized spacial score (nSPS) is 12.3. The number of rotatable bonds is 7. The van der Waals surface area contributed by atoms with Crippen molar-refractivity contribution in [3.8, 4) is 5.75 Å². The van der Waals surface area contributed by atoms with Crippen LogP contribution in [0.3, 0.4) is 0 Å². The van der Waals surface area contributed by atoms with Gasteiger partial charge in [-0.2, -0.15) is 0 Å². The molecule has 1 unspecified atom stereocenters. The van der Waals surface area contributed by atoms with Gasteiger partial charge in [-0.1, -0.05) is 15.9 Å². The molecule has 7 heteroatoms. The molecule has 0 aromatic heterocycles. The lowest BCUT2D eigenvalue weighted by atomic mass is 10.3. The third-order valence-corrected chi connectivity index (χ3v) is 3.04. The van der Waals surface area contributed by atoms with Crippen LogP contribution in [0.5, 0.6) is 5.75 Å². The average molecular weight is 352 g/mol. The number of carbonyl (C=O) groups is 1. The quantitative estimate of drug-likeness (QED) is 0.819. The van der Waals surface area contributed by atoms with Crippen molar-refractivity contribution in [2.24, 2.45) is 0 Å². The molecule has 0 aliphatic carbocycles. The summed E-state index contributed by atoms with van der Waals surface area (Å²) in [5, 5.41) is 8.82. The number of benzene rings is 1. The highest BCUT2D eigenvalue weighted by Crippen LogP contribution is 2.18. The number of amides is 1. The number of alkyl halides is 2. The molecule has 0 aliphatic heterocycles. The standard InChI is InChI=1S/C13H16BrF2NO3/c1-9(20-11-4-2-10(14)3-5-11)13(19)17(6-7-18)8-12(15)16/h2-5,9,12,18H,6-8H2,1H3. The minimum Gasteiger partial charge on any atom is -0.481 e. The van der Waals surface area contributed by atoms with E-state index in [0.29, 0.717) is 5.75 Å². The van der Waals surface area contributed by atoms with E-state index in [2.05, 4.69) is 15.9 Å². The maximum absolute atomic E-state index is 12.4. The Bertz CT molecular complexity index is 428. The summed E-state index contributed by atoms with van der Waals surface area (Å²) in [6, 6.07) is 6.82. The van der Waals surface area contributed by atoms with E-state index in [4.69, 9.17) is 9.84 Å². The Balaban J connectivity index is 2.65. The first-order chi connectivity index (χ1) is 9.43. The van der Waals surface area contributed by atoms with Gasteiger partial charge in [-0.25, -0.2) is 8.78 Å². The van der Waals surface area contributed by atoms with Gasteiger partial charge in [0.15, 0.2) is 6.10 Å². The molecule has 0 saturated heterocycles. The van der Waals surface area contributed by atoms with Gasteiger partial charge < -0.3 is 14.7 Å². The van der Waals surface area contributed by atoms with E-state index in [-0.39, 0.29) is 13.2 Å². The Kier molecular flexibility index (Phi) is 6.87. The largest absolute Gasteiger partial charge is 0.481 e. The van der Waals surface area contributed by atoms with E-state index in [0.717, 1.165) is 9.37 Å². The van der Waals surface area contributed by atoms with Crippen molar-refractivity contribution in [1.82, 2.24) is 4.90 Å². The first-order valence-electron chi connectivity index (χ1n) is 6.04. The highest BCUT2D eigenvalue weighted by molar-refractivity contribution is 9.10. The van der Waals surface area contributed by atoms with Gasteiger partial charge in [0, 0.05) is 11.0 Å². The number of hydrogen-bond donors (Lipinski definition) is 1. The molecule has 112 valence electrons. The van der Waals surface area contributed by atoms with E-state index in [9.17, 15) is 13.6 Å². The zero-order valence-corrected chi connectivity index (χ0v) is 12.5. The molecule has 0 heterocycles. The highest BCUT2D eigenvalue weighted by atomic mass is 79.9. The van der Waals surface area contributed by atoms with Gasteiger partial charge in [0.05, 0.1) is 13.2 Å². The number of aliphatic hydroxyl groups is 1. The van der Waals surface area contributed by atoms with Gasteiger partial charge in [0.1, 0.15) is 5.75 Å². The number of ether oxygens (including phenoxy) is 1. The number of carbonyl (C=O) groups excluding carboxylic acids is 1. The fraction of sp³-hybridized carbons (Fsp3) is 0.462. The second-order valence-corrected chi connectivity index (χ2v) is 5.03. The molecule has 1 N–H and O–H groups in total. The molecular weight excluding hydrogens is 336 g/mol. The molecule has 1 rings (SSSR count). The Morgan fingerprint density at radius 1 is 1.40 bits per heavy atom. The zero-order valence-electron chi connectivity index (χ0n) is 10.9. The monoisotopic (exact) mass is 351 g/mol. The Morgan fingerprint density at radius 2 is 2.00 bits per heavy atom. The van der Waals surface area contributed by atoms with Crippen molar-refractivity contribution < 1.29 is 23.4 Å². The summed E-state index contributed by atoms with van der Waals surface area (Å²) in [6.45, 7) is 0.258. The van der Waals surface area contributed by atoms with Crippen molar-refractivity contribution in [3.05, 3.63) is 28.7 Å². The summed E-state index contributed by atoms with van der Waals surface area (Å²) < 4.78 is 31.0. The van der Waals surface area contributed by atoms with Crippen LogP contribution in [-0.2, 0) is 4.79 Å². The molecular formula is C13H16BrF2NO3. The van der Waals surface area contributed by atoms with Crippen LogP contribution in [0.1, 0.15) is 6.92 Å². The lowest BCUT2D eigenvalue weighted by Gasteiger charge is -2.25. The van der Waals surface area contributed by atoms with Crippen LogP contribution in [0.15, 0.2) is 28.7 Å². The molecule has 4 nitrogen and oxygen atoms in total. The smallest absolute Gasteiger partial charge is 0.263 e. The van der Waals surface area contributed by atoms with Crippen LogP contribution in [0.4, 0.5) is 8.78 Å². The zero-order chi connectivity index (χ0) is 15.1. The molecule has 0 fully saturated rings. The number of hydrogen-bond acceptors (Lipinski definition) is 3. The van der Waals surface area contributed by atoms with Crippen LogP contribution >= 0.6 is 15.9 Å². The van der Waals surface area contributed by atoms with Crippen molar-refractivity contribution >= 4 is 21.8 Å². The predicted molar refractivity (Wildman–Crippen MR) is 73.9 cm³/mol. The Hall–Kier alpha value is -1.21. The minimum atomic E-state index is -2.65. The van der Waals surface area contributed by atoms with E-state index in [1.807, 2.05) is 0 Å². The van der Waals surface area contributed by atoms with E-state index in [1.54, 1.807) is 24.3 Å². The summed E-state index contributed by atoms with van der Waals surface area (Å²) in [7, 11) is 0. The predicted octanol–water partition coefficient (Wildman–Crippen LogP) is 2.30. The Morgan fingerprint density at radius 3 is 2.50 bits per heavy atom. The van der Waals surface area contributed by atoms with Crippen LogP contribution < -0.4 is 4.74 Å². The molecule has 1 aromatic rings. The summed E-state index contributed by atoms with van der Waals surface area (Å²) in [5.74, 6) is -0.114. The van der Waals surface area contributed by atoms with Crippen LogP contribution in [0, 0.1) is 0 Å². The molecule has 1 amide bonds. The van der Waals surface area contributed by atoms with Gasteiger partial charge in [0.2, 0.25) is 0 Å². The molecule has 0 aliphatic rings. The Labute approximate surface area is 124 Å². The van der Waals surface area contributed by atoms with Crippen LogP contribution in [0.25, 0.3) is 0 Å². The molecule has 0 spiro atoms. The van der Waals surface area contributed by atoms with Crippen molar-refractivity contribution in [1.29, 1.82) is 0 Å². The summed E-state index contributed by atoms with van der Waals surface area (Å²) in [4.78, 5) is 12.9. The second-order valence-electron chi connectivity index (χ2n) is 4.11. The van der Waals surface area contributed by atoms with Crippen molar-refractivity contribution in [3.63, 3.8) is 0 Å². The van der Waals surface area contributed by atoms with Gasteiger partial charge in [-0.05, 0) is 31.2 Å². The third kappa shape index (κ3) is 5.42. The molecule has 0 radical (unpaired) electrons. The first-order valence-corrected chi connectivity index (χ1v) is 6.83. The first kappa shape index (κ1) is 16.8. The molecule has 1 atom stereocenters. The molecule has 20 heavy (non-hydrogen) atoms. The number of aliphatic hydroxyl groups excluding tert-OH is 1. The van der Waals surface area contributed by atoms with Crippen molar-refractivity contribution in [2.45, 2.75) is 19.5 Å². The van der Waals surface area contributed by atoms with Crippen molar-refractivity contribution in [2.75, 3.05) is 19.7 Å². The van der Waals surface area contributed by atoms with Gasteiger partial charge in [-0.3, -0.25) is 4.79 Å². The second kappa shape index (κ2) is 8.16. The van der Waals surface area contributed by atoms with Gasteiger partial charge in [0.25, 0.3) is 12.3 Å². The third-order valence-electron chi connectivity index (χ3n) is 2.51. The van der Waals surface area contributed by atoms with Gasteiger partial charge >= 0.3 is 0 Å². The minimum absolute atomic E-state index is 0.142.